The van der Waals surface area contributed by atoms with E-state index in [4.69, 9.17) is 4.74 Å². The Balaban J connectivity index is 2.21. The van der Waals surface area contributed by atoms with Gasteiger partial charge in [-0.1, -0.05) is 6.07 Å². The second-order valence-corrected chi connectivity index (χ2v) is 6.18. The largest absolute Gasteiger partial charge is 0.495 e. The van der Waals surface area contributed by atoms with Crippen molar-refractivity contribution in [1.29, 1.82) is 0 Å². The molecule has 1 aromatic carbocycles. The molecule has 0 bridgehead atoms. The Morgan fingerprint density at radius 3 is 2.81 bits per heavy atom. The number of carboxylic acids is 1. The van der Waals surface area contributed by atoms with E-state index in [2.05, 4.69) is 5.32 Å². The molecule has 1 fully saturated rings. The molecular weight excluding hydrogens is 292 g/mol. The molecule has 2 unspecified atom stereocenters. The molecule has 0 saturated carbocycles. The van der Waals surface area contributed by atoms with E-state index in [0.717, 1.165) is 5.56 Å². The highest BCUT2D eigenvalue weighted by Crippen LogP contribution is 2.31. The van der Waals surface area contributed by atoms with Crippen LogP contribution < -0.4 is 10.1 Å². The Morgan fingerprint density at radius 2 is 2.19 bits per heavy atom. The molecule has 114 valence electrons. The maximum absolute atomic E-state index is 12.4. The molecule has 21 heavy (non-hydrogen) atoms. The third kappa shape index (κ3) is 3.24. The van der Waals surface area contributed by atoms with Gasteiger partial charge in [-0.3, -0.25) is 4.90 Å². The van der Waals surface area contributed by atoms with E-state index in [0.29, 0.717) is 17.2 Å². The summed E-state index contributed by atoms with van der Waals surface area (Å²) in [5, 5.41) is 11.8. The first kappa shape index (κ1) is 15.5. The highest BCUT2D eigenvalue weighted by Gasteiger charge is 2.39. The summed E-state index contributed by atoms with van der Waals surface area (Å²) in [6.45, 7) is 3.73. The van der Waals surface area contributed by atoms with Crippen molar-refractivity contribution in [1.82, 2.24) is 4.90 Å². The highest BCUT2D eigenvalue weighted by molar-refractivity contribution is 8.00. The summed E-state index contributed by atoms with van der Waals surface area (Å²) in [5.41, 5.74) is 1.51. The summed E-state index contributed by atoms with van der Waals surface area (Å²) in [4.78, 5) is 25.0. The number of hydrogen-bond donors (Lipinski definition) is 2. The van der Waals surface area contributed by atoms with Crippen molar-refractivity contribution >= 4 is 29.4 Å². The van der Waals surface area contributed by atoms with Crippen LogP contribution in [0.5, 0.6) is 5.75 Å². The number of urea groups is 1. The van der Waals surface area contributed by atoms with Gasteiger partial charge in [0.25, 0.3) is 0 Å². The number of aryl methyl sites for hydroxylation is 1. The molecule has 1 heterocycles. The van der Waals surface area contributed by atoms with Crippen molar-refractivity contribution in [3.05, 3.63) is 23.8 Å². The van der Waals surface area contributed by atoms with Gasteiger partial charge in [-0.15, -0.1) is 11.8 Å². The van der Waals surface area contributed by atoms with Crippen LogP contribution in [0.4, 0.5) is 10.5 Å². The standard InChI is InChI=1S/C14H18N2O4S/c1-8-4-5-12(20-3)10(6-8)15-14(19)16-9(2)21-7-11(16)13(17)18/h4-6,9,11H,7H2,1-3H3,(H,15,19)(H,17,18). The first-order chi connectivity index (χ1) is 9.93. The number of nitrogens with one attached hydrogen (secondary N) is 1. The maximum Gasteiger partial charge on any atom is 0.327 e. The quantitative estimate of drug-likeness (QED) is 0.896. The van der Waals surface area contributed by atoms with Gasteiger partial charge in [0.1, 0.15) is 11.8 Å². The average Bonchev–Trinajstić information content (AvgIpc) is 2.81. The van der Waals surface area contributed by atoms with Crippen LogP contribution in [0.3, 0.4) is 0 Å². The second kappa shape index (κ2) is 6.26. The number of aliphatic carboxylic acids is 1. The molecule has 0 aliphatic carbocycles. The number of benzene rings is 1. The molecule has 1 aliphatic rings. The number of thioether (sulfide) groups is 1. The fourth-order valence-electron chi connectivity index (χ4n) is 2.24. The van der Waals surface area contributed by atoms with Gasteiger partial charge in [0.15, 0.2) is 0 Å². The molecule has 0 spiro atoms. The van der Waals surface area contributed by atoms with Crippen LogP contribution in [0.2, 0.25) is 0 Å². The van der Waals surface area contributed by atoms with Gasteiger partial charge >= 0.3 is 12.0 Å². The highest BCUT2D eigenvalue weighted by atomic mass is 32.2. The van der Waals surface area contributed by atoms with Gasteiger partial charge in [0, 0.05) is 5.75 Å². The normalized spacial score (nSPS) is 21.2. The predicted molar refractivity (Wildman–Crippen MR) is 81.9 cm³/mol. The first-order valence-corrected chi connectivity index (χ1v) is 7.57. The third-order valence-corrected chi connectivity index (χ3v) is 4.56. The SMILES string of the molecule is COc1ccc(C)cc1NC(=O)N1C(C)SCC1C(=O)O. The van der Waals surface area contributed by atoms with Crippen molar-refractivity contribution in [2.75, 3.05) is 18.2 Å². The minimum atomic E-state index is -0.988. The van der Waals surface area contributed by atoms with E-state index in [1.807, 2.05) is 19.9 Å². The van der Waals surface area contributed by atoms with Crippen molar-refractivity contribution in [3.8, 4) is 5.75 Å². The Bertz CT molecular complexity index is 564. The van der Waals surface area contributed by atoms with Crippen LogP contribution in [0, 0.1) is 6.92 Å². The zero-order valence-corrected chi connectivity index (χ0v) is 12.9. The summed E-state index contributed by atoms with van der Waals surface area (Å²) in [7, 11) is 1.52. The van der Waals surface area contributed by atoms with Gasteiger partial charge in [-0.2, -0.15) is 0 Å². The average molecular weight is 310 g/mol. The molecule has 0 aromatic heterocycles. The van der Waals surface area contributed by atoms with Crippen LogP contribution in [0.1, 0.15) is 12.5 Å². The number of anilines is 1. The summed E-state index contributed by atoms with van der Waals surface area (Å²) in [6, 6.07) is 4.20. The molecule has 2 atom stereocenters. The Morgan fingerprint density at radius 1 is 1.48 bits per heavy atom. The smallest absolute Gasteiger partial charge is 0.327 e. The molecule has 6 nitrogen and oxygen atoms in total. The van der Waals surface area contributed by atoms with Crippen molar-refractivity contribution in [2.45, 2.75) is 25.3 Å². The fraction of sp³-hybridized carbons (Fsp3) is 0.429. The van der Waals surface area contributed by atoms with Crippen LogP contribution >= 0.6 is 11.8 Å². The van der Waals surface area contributed by atoms with E-state index in [-0.39, 0.29) is 5.37 Å². The summed E-state index contributed by atoms with van der Waals surface area (Å²) < 4.78 is 5.21. The minimum absolute atomic E-state index is 0.179. The summed E-state index contributed by atoms with van der Waals surface area (Å²) in [5.74, 6) is -0.0481. The fourth-order valence-corrected chi connectivity index (χ4v) is 3.41. The molecule has 1 aromatic rings. The topological polar surface area (TPSA) is 78.9 Å². The molecule has 2 N–H and O–H groups in total. The van der Waals surface area contributed by atoms with Gasteiger partial charge < -0.3 is 15.2 Å². The van der Waals surface area contributed by atoms with E-state index in [1.54, 1.807) is 12.1 Å². The van der Waals surface area contributed by atoms with Crippen molar-refractivity contribution < 1.29 is 19.4 Å². The van der Waals surface area contributed by atoms with Gasteiger partial charge in [0.2, 0.25) is 0 Å². The van der Waals surface area contributed by atoms with Gasteiger partial charge in [-0.25, -0.2) is 9.59 Å². The summed E-state index contributed by atoms with van der Waals surface area (Å²) >= 11 is 1.45. The molecule has 7 heteroatoms. The maximum atomic E-state index is 12.4. The Labute approximate surface area is 127 Å². The van der Waals surface area contributed by atoms with Gasteiger partial charge in [-0.05, 0) is 31.5 Å². The third-order valence-electron chi connectivity index (χ3n) is 3.34. The molecule has 0 radical (unpaired) electrons. The molecule has 2 amide bonds. The van der Waals surface area contributed by atoms with Crippen LogP contribution in [-0.4, -0.2) is 46.3 Å². The van der Waals surface area contributed by atoms with E-state index in [1.165, 1.54) is 23.8 Å². The number of carboxylic acid groups (broad SMARTS) is 1. The minimum Gasteiger partial charge on any atom is -0.495 e. The van der Waals surface area contributed by atoms with E-state index < -0.39 is 18.0 Å². The molecule has 1 aliphatic heterocycles. The lowest BCUT2D eigenvalue weighted by Gasteiger charge is -2.25. The number of methoxy groups -OCH3 is 1. The zero-order valence-electron chi connectivity index (χ0n) is 12.1. The number of rotatable bonds is 3. The number of carbonyl (C=O) groups excluding carboxylic acids is 1. The number of hydrogen-bond acceptors (Lipinski definition) is 4. The zero-order chi connectivity index (χ0) is 15.6. The molecule has 2 rings (SSSR count). The van der Waals surface area contributed by atoms with Gasteiger partial charge in [0.05, 0.1) is 18.2 Å². The number of carbonyl (C=O) groups is 2. The van der Waals surface area contributed by atoms with E-state index >= 15 is 0 Å². The monoisotopic (exact) mass is 310 g/mol. The van der Waals surface area contributed by atoms with Crippen LogP contribution in [-0.2, 0) is 4.79 Å². The Hall–Kier alpha value is -1.89. The predicted octanol–water partition coefficient (Wildman–Crippen LogP) is 2.38. The molecule has 1 saturated heterocycles. The Kier molecular flexibility index (Phi) is 4.62. The lowest BCUT2D eigenvalue weighted by Crippen LogP contribution is -2.46. The number of ether oxygens (including phenoxy) is 1. The number of amides is 2. The van der Waals surface area contributed by atoms with Crippen molar-refractivity contribution in [2.24, 2.45) is 0 Å². The lowest BCUT2D eigenvalue weighted by molar-refractivity contribution is -0.141. The van der Waals surface area contributed by atoms with E-state index in [9.17, 15) is 14.7 Å². The molecular formula is C14H18N2O4S. The van der Waals surface area contributed by atoms with Crippen LogP contribution in [0.25, 0.3) is 0 Å². The summed E-state index contributed by atoms with van der Waals surface area (Å²) in [6.07, 6.45) is 0. The number of nitrogens with zero attached hydrogens (tertiary/aromatic N) is 1. The van der Waals surface area contributed by atoms with Crippen molar-refractivity contribution in [3.63, 3.8) is 0 Å². The van der Waals surface area contributed by atoms with Crippen LogP contribution in [0.15, 0.2) is 18.2 Å². The lowest BCUT2D eigenvalue weighted by atomic mass is 10.2. The second-order valence-electron chi connectivity index (χ2n) is 4.83. The first-order valence-electron chi connectivity index (χ1n) is 6.52.